The maximum atomic E-state index is 12.8. The molecule has 0 aliphatic heterocycles. The number of nitrogens with zero attached hydrogens (tertiary/aromatic N) is 4. The molecule has 4 N–H and O–H groups in total. The number of amides is 1. The topological polar surface area (TPSA) is 110 Å². The van der Waals surface area contributed by atoms with Gasteiger partial charge in [-0.1, -0.05) is 29.4 Å². The van der Waals surface area contributed by atoms with Crippen molar-refractivity contribution in [2.75, 3.05) is 22.3 Å². The lowest BCUT2D eigenvalue weighted by atomic mass is 10.2. The molecule has 3 rings (SSSR count). The molecule has 1 aromatic carbocycles. The van der Waals surface area contributed by atoms with E-state index in [1.807, 2.05) is 17.5 Å². The Morgan fingerprint density at radius 1 is 1.37 bits per heavy atom. The maximum Gasteiger partial charge on any atom is 0.416 e. The van der Waals surface area contributed by atoms with Crippen molar-refractivity contribution < 1.29 is 18.0 Å². The van der Waals surface area contributed by atoms with Gasteiger partial charge in [0.05, 0.1) is 28.2 Å². The molecule has 0 bridgehead atoms. The lowest BCUT2D eigenvalue weighted by Gasteiger charge is -2.11. The van der Waals surface area contributed by atoms with Crippen LogP contribution in [0.15, 0.2) is 46.0 Å². The number of rotatable bonds is 7. The number of alkyl halides is 3. The second-order valence-electron chi connectivity index (χ2n) is 5.59. The molecule has 0 unspecified atom stereocenters. The van der Waals surface area contributed by atoms with Gasteiger partial charge in [-0.25, -0.2) is 10.1 Å². The number of nitrogen functional groups attached to an aromatic ring is 1. The first-order chi connectivity index (χ1) is 14.2. The summed E-state index contributed by atoms with van der Waals surface area (Å²) in [6.07, 6.45) is -2.97. The summed E-state index contributed by atoms with van der Waals surface area (Å²) in [4.78, 5) is 13.0. The van der Waals surface area contributed by atoms with E-state index in [-0.39, 0.29) is 27.6 Å². The zero-order chi connectivity index (χ0) is 21.7. The number of hydrogen-bond acceptors (Lipinski definition) is 8. The molecule has 2 aromatic heterocycles. The molecule has 30 heavy (non-hydrogen) atoms. The predicted molar refractivity (Wildman–Crippen MR) is 112 cm³/mol. The van der Waals surface area contributed by atoms with E-state index in [2.05, 4.69) is 26.0 Å². The third kappa shape index (κ3) is 5.64. The summed E-state index contributed by atoms with van der Waals surface area (Å²) < 4.78 is 39.5. The normalized spacial score (nSPS) is 11.7. The van der Waals surface area contributed by atoms with Gasteiger partial charge in [0.2, 0.25) is 11.1 Å². The van der Waals surface area contributed by atoms with E-state index in [0.29, 0.717) is 0 Å². The number of halogens is 4. The van der Waals surface area contributed by atoms with Gasteiger partial charge >= 0.3 is 6.18 Å². The number of nitrogens with one attached hydrogen (secondary N) is 2. The lowest BCUT2D eigenvalue weighted by Crippen LogP contribution is -2.17. The van der Waals surface area contributed by atoms with Crippen LogP contribution < -0.4 is 16.6 Å². The highest BCUT2D eigenvalue weighted by Gasteiger charge is 2.31. The number of aromatic nitrogens is 3. The Kier molecular flexibility index (Phi) is 6.84. The molecule has 0 aliphatic carbocycles. The fourth-order valence-corrected chi connectivity index (χ4v) is 3.49. The summed E-state index contributed by atoms with van der Waals surface area (Å²) in [5.41, 5.74) is 1.57. The molecule has 158 valence electrons. The molecular weight excluding hydrogens is 463 g/mol. The van der Waals surface area contributed by atoms with Crippen molar-refractivity contribution in [3.63, 3.8) is 0 Å². The first-order valence-corrected chi connectivity index (χ1v) is 10.3. The fraction of sp³-hybridized carbons (Fsp3) is 0.125. The fourth-order valence-electron chi connectivity index (χ4n) is 2.08. The van der Waals surface area contributed by atoms with Crippen LogP contribution in [0.4, 0.5) is 24.8 Å². The van der Waals surface area contributed by atoms with E-state index < -0.39 is 17.6 Å². The zero-order valence-corrected chi connectivity index (χ0v) is 17.2. The number of anilines is 2. The average Bonchev–Trinajstić information content (AvgIpc) is 3.32. The van der Waals surface area contributed by atoms with Crippen LogP contribution in [0.5, 0.6) is 0 Å². The largest absolute Gasteiger partial charge is 0.416 e. The number of thioether (sulfide) groups is 1. The molecule has 0 saturated carbocycles. The summed E-state index contributed by atoms with van der Waals surface area (Å²) >= 11 is 8.30. The van der Waals surface area contributed by atoms with Crippen molar-refractivity contribution in [2.24, 2.45) is 5.10 Å². The Hall–Kier alpha value is -2.77. The van der Waals surface area contributed by atoms with Gasteiger partial charge in [-0.2, -0.15) is 18.3 Å². The summed E-state index contributed by atoms with van der Waals surface area (Å²) in [5, 5.41) is 16.1. The molecule has 0 saturated heterocycles. The molecule has 2 heterocycles. The van der Waals surface area contributed by atoms with E-state index in [1.54, 1.807) is 6.21 Å². The number of nitrogens with two attached hydrogens (primary N) is 1. The van der Waals surface area contributed by atoms with Gasteiger partial charge in [0.15, 0.2) is 0 Å². The van der Waals surface area contributed by atoms with E-state index >= 15 is 0 Å². The minimum Gasteiger partial charge on any atom is -0.334 e. The molecule has 8 nitrogen and oxygen atoms in total. The molecular formula is C16H13ClF3N7OS2. The van der Waals surface area contributed by atoms with Crippen LogP contribution in [0.3, 0.4) is 0 Å². The Bertz CT molecular complexity index is 1050. The molecule has 0 fully saturated rings. The number of benzene rings is 1. The number of hydrazone groups is 1. The predicted octanol–water partition coefficient (Wildman–Crippen LogP) is 3.90. The molecule has 0 aliphatic rings. The van der Waals surface area contributed by atoms with E-state index in [0.717, 1.165) is 39.5 Å². The van der Waals surface area contributed by atoms with Crippen LogP contribution in [0, 0.1) is 0 Å². The van der Waals surface area contributed by atoms with E-state index in [9.17, 15) is 18.0 Å². The first kappa shape index (κ1) is 21.9. The van der Waals surface area contributed by atoms with Crippen LogP contribution in [-0.2, 0) is 11.0 Å². The number of thiophene rings is 1. The smallest absolute Gasteiger partial charge is 0.334 e. The minimum atomic E-state index is -4.55. The number of carbonyl (C=O) groups is 1. The molecule has 14 heteroatoms. The SMILES string of the molecule is Nn1c(N/N=C/c2cccs2)nnc1SCC(=O)Nc1cc(C(F)(F)F)ccc1Cl. The van der Waals surface area contributed by atoms with Gasteiger partial charge in [0, 0.05) is 4.88 Å². The average molecular weight is 476 g/mol. The Morgan fingerprint density at radius 2 is 2.17 bits per heavy atom. The second-order valence-corrected chi connectivity index (χ2v) is 7.92. The summed E-state index contributed by atoms with van der Waals surface area (Å²) in [7, 11) is 0. The van der Waals surface area contributed by atoms with Gasteiger partial charge < -0.3 is 11.2 Å². The maximum absolute atomic E-state index is 12.8. The van der Waals surface area contributed by atoms with Gasteiger partial charge in [-0.15, -0.1) is 21.5 Å². The molecule has 3 aromatic rings. The summed E-state index contributed by atoms with van der Waals surface area (Å²) in [6.45, 7) is 0. The highest BCUT2D eigenvalue weighted by Crippen LogP contribution is 2.34. The molecule has 1 amide bonds. The monoisotopic (exact) mass is 475 g/mol. The van der Waals surface area contributed by atoms with Crippen molar-refractivity contribution in [3.05, 3.63) is 51.2 Å². The van der Waals surface area contributed by atoms with Gasteiger partial charge in [0.1, 0.15) is 0 Å². The van der Waals surface area contributed by atoms with Crippen LogP contribution in [0.2, 0.25) is 5.02 Å². The number of carbonyl (C=O) groups excluding carboxylic acids is 1. The van der Waals surface area contributed by atoms with Crippen molar-refractivity contribution in [1.82, 2.24) is 14.9 Å². The quantitative estimate of drug-likeness (QED) is 0.207. The minimum absolute atomic E-state index is 0.0153. The zero-order valence-electron chi connectivity index (χ0n) is 14.9. The van der Waals surface area contributed by atoms with Gasteiger partial charge in [0.25, 0.3) is 5.95 Å². The van der Waals surface area contributed by atoms with Crippen LogP contribution in [-0.4, -0.2) is 32.7 Å². The highest BCUT2D eigenvalue weighted by atomic mass is 35.5. The first-order valence-electron chi connectivity index (χ1n) is 8.06. The van der Waals surface area contributed by atoms with Crippen molar-refractivity contribution in [1.29, 1.82) is 0 Å². The lowest BCUT2D eigenvalue weighted by molar-refractivity contribution is -0.137. The van der Waals surface area contributed by atoms with Crippen molar-refractivity contribution >= 4 is 58.5 Å². The van der Waals surface area contributed by atoms with Crippen LogP contribution in [0.1, 0.15) is 10.4 Å². The van der Waals surface area contributed by atoms with Crippen molar-refractivity contribution in [2.45, 2.75) is 11.3 Å². The van der Waals surface area contributed by atoms with Gasteiger partial charge in [-0.3, -0.25) is 4.79 Å². The van der Waals surface area contributed by atoms with Crippen LogP contribution in [0.25, 0.3) is 0 Å². The highest BCUT2D eigenvalue weighted by molar-refractivity contribution is 7.99. The standard InChI is InChI=1S/C16H13ClF3N7OS2/c17-11-4-3-9(16(18,19)20)6-12(11)23-13(28)8-30-15-26-25-14(27(15)21)24-22-7-10-2-1-5-29-10/h1-7H,8,21H2,(H,23,28)(H,24,25)/b22-7+. The molecule has 0 radical (unpaired) electrons. The van der Waals surface area contributed by atoms with Crippen molar-refractivity contribution in [3.8, 4) is 0 Å². The second kappa shape index (κ2) is 9.36. The Morgan fingerprint density at radius 3 is 2.87 bits per heavy atom. The van der Waals surface area contributed by atoms with Crippen LogP contribution >= 0.6 is 34.7 Å². The number of hydrogen-bond donors (Lipinski definition) is 3. The third-order valence-corrected chi connectivity index (χ3v) is 5.54. The summed E-state index contributed by atoms with van der Waals surface area (Å²) in [6, 6.07) is 6.42. The molecule has 0 atom stereocenters. The Balaban J connectivity index is 1.57. The Labute approximate surface area is 181 Å². The van der Waals surface area contributed by atoms with Gasteiger partial charge in [-0.05, 0) is 29.6 Å². The summed E-state index contributed by atoms with van der Waals surface area (Å²) in [5.74, 6) is 5.23. The molecule has 0 spiro atoms. The van der Waals surface area contributed by atoms with E-state index in [4.69, 9.17) is 17.4 Å². The van der Waals surface area contributed by atoms with E-state index in [1.165, 1.54) is 11.3 Å². The third-order valence-electron chi connectivity index (χ3n) is 3.46.